The van der Waals surface area contributed by atoms with Gasteiger partial charge in [-0.1, -0.05) is 19.4 Å². The zero-order chi connectivity index (χ0) is 13.8. The van der Waals surface area contributed by atoms with Crippen molar-refractivity contribution in [2.24, 2.45) is 11.7 Å². The van der Waals surface area contributed by atoms with Crippen LogP contribution < -0.4 is 5.73 Å². The van der Waals surface area contributed by atoms with Crippen molar-refractivity contribution in [3.63, 3.8) is 0 Å². The summed E-state index contributed by atoms with van der Waals surface area (Å²) >= 11 is 0. The molecule has 0 radical (unpaired) electrons. The molecule has 0 saturated heterocycles. The van der Waals surface area contributed by atoms with E-state index < -0.39 is 11.7 Å². The largest absolute Gasteiger partial charge is 0.412 e. The lowest BCUT2D eigenvalue weighted by atomic mass is 10.00. The van der Waals surface area contributed by atoms with Crippen molar-refractivity contribution in [3.05, 3.63) is 11.6 Å². The third-order valence-electron chi connectivity index (χ3n) is 3.16. The molecule has 2 N–H and O–H groups in total. The van der Waals surface area contributed by atoms with Crippen LogP contribution in [0.15, 0.2) is 11.6 Å². The second-order valence-corrected chi connectivity index (χ2v) is 4.48. The summed E-state index contributed by atoms with van der Waals surface area (Å²) in [4.78, 5) is 13.5. The van der Waals surface area contributed by atoms with Gasteiger partial charge in [0.05, 0.1) is 5.92 Å². The molecule has 0 aliphatic carbocycles. The van der Waals surface area contributed by atoms with Gasteiger partial charge in [-0.15, -0.1) is 0 Å². The molecule has 18 heavy (non-hydrogen) atoms. The first kappa shape index (κ1) is 15.0. The molecule has 104 valence electrons. The van der Waals surface area contributed by atoms with Crippen molar-refractivity contribution in [3.8, 4) is 0 Å². The van der Waals surface area contributed by atoms with Gasteiger partial charge in [0.1, 0.15) is 0 Å². The van der Waals surface area contributed by atoms with E-state index in [4.69, 9.17) is 5.73 Å². The van der Waals surface area contributed by atoms with Gasteiger partial charge in [0.2, 0.25) is 5.91 Å². The molecule has 3 nitrogen and oxygen atoms in total. The zero-order valence-electron chi connectivity index (χ0n) is 10.5. The highest BCUT2D eigenvalue weighted by Gasteiger charge is 2.36. The Labute approximate surface area is 105 Å². The highest BCUT2D eigenvalue weighted by atomic mass is 19.4. The number of nitrogens with two attached hydrogens (primary N) is 1. The molecule has 0 fully saturated rings. The molecule has 1 heterocycles. The molecule has 0 aromatic rings. The minimum Gasteiger partial charge on any atom is -0.338 e. The number of nitrogens with zero attached hydrogens (tertiary/aromatic N) is 1. The molecule has 1 rings (SSSR count). The van der Waals surface area contributed by atoms with Crippen molar-refractivity contribution in [2.75, 3.05) is 19.6 Å². The Balaban J connectivity index is 2.62. The number of halogens is 3. The first-order valence-electron chi connectivity index (χ1n) is 6.15. The lowest BCUT2D eigenvalue weighted by molar-refractivity contribution is -0.136. The molecule has 1 aliphatic heterocycles. The van der Waals surface area contributed by atoms with E-state index in [2.05, 4.69) is 0 Å². The van der Waals surface area contributed by atoms with E-state index in [1.54, 1.807) is 0 Å². The van der Waals surface area contributed by atoms with Crippen molar-refractivity contribution < 1.29 is 18.0 Å². The van der Waals surface area contributed by atoms with Gasteiger partial charge in [-0.2, -0.15) is 13.2 Å². The van der Waals surface area contributed by atoms with E-state index in [0.29, 0.717) is 6.42 Å². The van der Waals surface area contributed by atoms with Crippen LogP contribution in [0.3, 0.4) is 0 Å². The van der Waals surface area contributed by atoms with Crippen molar-refractivity contribution in [2.45, 2.75) is 32.4 Å². The van der Waals surface area contributed by atoms with Gasteiger partial charge in [0.15, 0.2) is 0 Å². The van der Waals surface area contributed by atoms with Gasteiger partial charge in [-0.25, -0.2) is 0 Å². The van der Waals surface area contributed by atoms with E-state index in [1.807, 2.05) is 6.92 Å². The fourth-order valence-electron chi connectivity index (χ4n) is 2.08. The molecule has 6 heteroatoms. The monoisotopic (exact) mass is 264 g/mol. The maximum absolute atomic E-state index is 12.4. The number of amides is 1. The molecule has 0 spiro atoms. The Morgan fingerprint density at radius 1 is 1.56 bits per heavy atom. The van der Waals surface area contributed by atoms with Crippen LogP contribution in [0.25, 0.3) is 0 Å². The number of hydrogen-bond donors (Lipinski definition) is 1. The highest BCUT2D eigenvalue weighted by molar-refractivity contribution is 5.79. The summed E-state index contributed by atoms with van der Waals surface area (Å²) in [6.07, 6.45) is -1.78. The van der Waals surface area contributed by atoms with Crippen LogP contribution in [0.2, 0.25) is 0 Å². The van der Waals surface area contributed by atoms with E-state index in [1.165, 1.54) is 4.90 Å². The fraction of sp³-hybridized carbons (Fsp3) is 0.750. The lowest BCUT2D eigenvalue weighted by Crippen LogP contribution is -2.42. The molecule has 0 saturated carbocycles. The number of alkyl halides is 3. The van der Waals surface area contributed by atoms with Gasteiger partial charge < -0.3 is 10.6 Å². The Morgan fingerprint density at radius 2 is 2.22 bits per heavy atom. The summed E-state index contributed by atoms with van der Waals surface area (Å²) < 4.78 is 37.3. The van der Waals surface area contributed by atoms with Crippen LogP contribution in [0.4, 0.5) is 13.2 Å². The summed E-state index contributed by atoms with van der Waals surface area (Å²) in [5, 5.41) is 0. The molecule has 1 atom stereocenters. The van der Waals surface area contributed by atoms with Gasteiger partial charge in [0, 0.05) is 25.2 Å². The van der Waals surface area contributed by atoms with Crippen molar-refractivity contribution >= 4 is 5.91 Å². The normalized spacial score (nSPS) is 18.5. The van der Waals surface area contributed by atoms with Crippen molar-refractivity contribution in [1.29, 1.82) is 0 Å². The average Bonchev–Trinajstić information content (AvgIpc) is 2.34. The lowest BCUT2D eigenvalue weighted by Gasteiger charge is -2.30. The fourth-order valence-corrected chi connectivity index (χ4v) is 2.08. The van der Waals surface area contributed by atoms with Crippen LogP contribution in [0.5, 0.6) is 0 Å². The van der Waals surface area contributed by atoms with Crippen LogP contribution >= 0.6 is 0 Å². The van der Waals surface area contributed by atoms with Gasteiger partial charge >= 0.3 is 6.18 Å². The summed E-state index contributed by atoms with van der Waals surface area (Å²) in [6.45, 7) is 2.37. The third-order valence-corrected chi connectivity index (χ3v) is 3.16. The zero-order valence-corrected chi connectivity index (χ0v) is 10.5. The standard InChI is InChI=1S/C12H19F3N2O/c1-2-3-9(8-16)11(18)17-6-4-10(5-7-17)12(13,14)15/h4,9H,2-3,5-8,16H2,1H3. The topological polar surface area (TPSA) is 46.3 Å². The predicted octanol–water partition coefficient (Wildman–Crippen LogP) is 2.08. The van der Waals surface area contributed by atoms with E-state index in [9.17, 15) is 18.0 Å². The minimum atomic E-state index is -4.27. The second kappa shape index (κ2) is 6.22. The van der Waals surface area contributed by atoms with Gasteiger partial charge in [-0.05, 0) is 12.8 Å². The summed E-state index contributed by atoms with van der Waals surface area (Å²) in [6, 6.07) is 0. The van der Waals surface area contributed by atoms with Crippen LogP contribution in [0.1, 0.15) is 26.2 Å². The quantitative estimate of drug-likeness (QED) is 0.790. The SMILES string of the molecule is CCCC(CN)C(=O)N1CC=C(C(F)(F)F)CC1. The van der Waals surface area contributed by atoms with Gasteiger partial charge in [0.25, 0.3) is 0 Å². The predicted molar refractivity (Wildman–Crippen MR) is 62.8 cm³/mol. The Bertz CT molecular complexity index is 326. The molecule has 1 amide bonds. The number of rotatable bonds is 4. The minimum absolute atomic E-state index is 0.0356. The van der Waals surface area contributed by atoms with Crippen LogP contribution in [0, 0.1) is 5.92 Å². The summed E-state index contributed by atoms with van der Waals surface area (Å²) in [5.74, 6) is -0.396. The van der Waals surface area contributed by atoms with Crippen LogP contribution in [-0.4, -0.2) is 36.6 Å². The number of carbonyl (C=O) groups is 1. The molecule has 0 aromatic carbocycles. The Kier molecular flexibility index (Phi) is 5.19. The molecule has 1 aliphatic rings. The number of carbonyl (C=O) groups excluding carboxylic acids is 1. The molecular weight excluding hydrogens is 245 g/mol. The summed E-state index contributed by atoms with van der Waals surface area (Å²) in [5.41, 5.74) is 4.98. The van der Waals surface area contributed by atoms with E-state index >= 15 is 0 Å². The van der Waals surface area contributed by atoms with Gasteiger partial charge in [-0.3, -0.25) is 4.79 Å². The number of hydrogen-bond acceptors (Lipinski definition) is 2. The summed E-state index contributed by atoms with van der Waals surface area (Å²) in [7, 11) is 0. The molecule has 0 aromatic heterocycles. The average molecular weight is 264 g/mol. The van der Waals surface area contributed by atoms with E-state index in [-0.39, 0.29) is 37.9 Å². The maximum atomic E-state index is 12.4. The third kappa shape index (κ3) is 3.73. The molecule has 1 unspecified atom stereocenters. The second-order valence-electron chi connectivity index (χ2n) is 4.48. The first-order valence-corrected chi connectivity index (χ1v) is 6.15. The van der Waals surface area contributed by atoms with E-state index in [0.717, 1.165) is 12.5 Å². The Morgan fingerprint density at radius 3 is 2.61 bits per heavy atom. The van der Waals surface area contributed by atoms with Crippen molar-refractivity contribution in [1.82, 2.24) is 4.90 Å². The smallest absolute Gasteiger partial charge is 0.338 e. The maximum Gasteiger partial charge on any atom is 0.412 e. The van der Waals surface area contributed by atoms with Crippen LogP contribution in [-0.2, 0) is 4.79 Å². The highest BCUT2D eigenvalue weighted by Crippen LogP contribution is 2.30. The molecular formula is C12H19F3N2O. The molecule has 0 bridgehead atoms. The first-order chi connectivity index (χ1) is 8.40. The Hall–Kier alpha value is -1.04.